The second-order valence-electron chi connectivity index (χ2n) is 6.57. The summed E-state index contributed by atoms with van der Waals surface area (Å²) < 4.78 is 0. The summed E-state index contributed by atoms with van der Waals surface area (Å²) in [6.07, 6.45) is 5.04. The van der Waals surface area contributed by atoms with E-state index >= 15 is 0 Å². The largest absolute Gasteiger partial charge is 0.506 e. The summed E-state index contributed by atoms with van der Waals surface area (Å²) >= 11 is 5.58. The highest BCUT2D eigenvalue weighted by Gasteiger charge is 2.21. The molecule has 1 fully saturated rings. The van der Waals surface area contributed by atoms with Gasteiger partial charge >= 0.3 is 0 Å². The molecule has 1 aliphatic rings. The van der Waals surface area contributed by atoms with Crippen molar-refractivity contribution in [1.82, 2.24) is 10.2 Å². The lowest BCUT2D eigenvalue weighted by Gasteiger charge is -2.37. The number of rotatable bonds is 7. The molecule has 0 radical (unpaired) electrons. The lowest BCUT2D eigenvalue weighted by atomic mass is 9.99. The summed E-state index contributed by atoms with van der Waals surface area (Å²) in [7, 11) is 0. The SMILES string of the molecule is CCCC[C@H](CC)CNC(=S)N1CCN(c2ccccc2O)CC1. The van der Waals surface area contributed by atoms with Crippen molar-refractivity contribution in [3.05, 3.63) is 24.3 Å². The Kier molecular flexibility index (Phi) is 7.63. The fourth-order valence-electron chi connectivity index (χ4n) is 3.17. The van der Waals surface area contributed by atoms with Gasteiger partial charge in [0.05, 0.1) is 5.69 Å². The second-order valence-corrected chi connectivity index (χ2v) is 6.95. The smallest absolute Gasteiger partial charge is 0.169 e. The van der Waals surface area contributed by atoms with E-state index in [2.05, 4.69) is 29.0 Å². The van der Waals surface area contributed by atoms with E-state index in [-0.39, 0.29) is 0 Å². The highest BCUT2D eigenvalue weighted by molar-refractivity contribution is 7.80. The Morgan fingerprint density at radius 3 is 2.54 bits per heavy atom. The first-order valence-electron chi connectivity index (χ1n) is 9.21. The summed E-state index contributed by atoms with van der Waals surface area (Å²) in [5, 5.41) is 14.3. The molecule has 1 aromatic rings. The topological polar surface area (TPSA) is 38.7 Å². The van der Waals surface area contributed by atoms with E-state index in [1.54, 1.807) is 6.07 Å². The number of para-hydroxylation sites is 2. The normalized spacial score (nSPS) is 16.1. The first kappa shape index (κ1) is 18.8. The molecule has 134 valence electrons. The zero-order chi connectivity index (χ0) is 17.4. The molecule has 2 rings (SSSR count). The number of phenols is 1. The van der Waals surface area contributed by atoms with Gasteiger partial charge in [-0.15, -0.1) is 0 Å². The van der Waals surface area contributed by atoms with E-state index < -0.39 is 0 Å². The van der Waals surface area contributed by atoms with Gasteiger partial charge in [0.1, 0.15) is 5.75 Å². The standard InChI is InChI=1S/C19H31N3OS/c1-3-5-8-16(4-2)15-20-19(24)22-13-11-21(12-14-22)17-9-6-7-10-18(17)23/h6-7,9-10,16,23H,3-5,8,11-15H2,1-2H3,(H,20,24)/t16-/m0/s1. The van der Waals surface area contributed by atoms with Crippen LogP contribution in [0.3, 0.4) is 0 Å². The third-order valence-electron chi connectivity index (χ3n) is 4.87. The minimum absolute atomic E-state index is 0.355. The number of thiocarbonyl (C=S) groups is 1. The van der Waals surface area contributed by atoms with Crippen LogP contribution in [-0.2, 0) is 0 Å². The van der Waals surface area contributed by atoms with Crippen LogP contribution < -0.4 is 10.2 Å². The quantitative estimate of drug-likeness (QED) is 0.736. The van der Waals surface area contributed by atoms with E-state index in [9.17, 15) is 5.11 Å². The van der Waals surface area contributed by atoms with Crippen molar-refractivity contribution >= 4 is 23.0 Å². The number of phenolic OH excluding ortho intramolecular Hbond substituents is 1. The van der Waals surface area contributed by atoms with Gasteiger partial charge in [-0.3, -0.25) is 0 Å². The molecule has 1 saturated heterocycles. The average Bonchev–Trinajstić information content (AvgIpc) is 2.62. The summed E-state index contributed by atoms with van der Waals surface area (Å²) in [6.45, 7) is 9.04. The maximum atomic E-state index is 9.99. The molecule has 24 heavy (non-hydrogen) atoms. The molecule has 1 atom stereocenters. The van der Waals surface area contributed by atoms with Gasteiger partial charge in [-0.25, -0.2) is 0 Å². The lowest BCUT2D eigenvalue weighted by Crippen LogP contribution is -2.52. The molecule has 0 amide bonds. The van der Waals surface area contributed by atoms with Crippen LogP contribution in [0, 0.1) is 5.92 Å². The van der Waals surface area contributed by atoms with Gasteiger partial charge in [-0.05, 0) is 36.7 Å². The van der Waals surface area contributed by atoms with Crippen molar-refractivity contribution in [3.8, 4) is 5.75 Å². The van der Waals surface area contributed by atoms with Gasteiger partial charge in [0.2, 0.25) is 0 Å². The number of piperazine rings is 1. The number of anilines is 1. The Morgan fingerprint density at radius 1 is 1.21 bits per heavy atom. The van der Waals surface area contributed by atoms with Crippen molar-refractivity contribution in [3.63, 3.8) is 0 Å². The lowest BCUT2D eigenvalue weighted by molar-refractivity contribution is 0.368. The summed E-state index contributed by atoms with van der Waals surface area (Å²) in [4.78, 5) is 4.48. The van der Waals surface area contributed by atoms with Crippen LogP contribution in [0.4, 0.5) is 5.69 Å². The average molecular weight is 350 g/mol. The van der Waals surface area contributed by atoms with Crippen molar-refractivity contribution in [2.24, 2.45) is 5.92 Å². The Bertz CT molecular complexity index is 515. The molecule has 0 spiro atoms. The predicted octanol–water partition coefficient (Wildman–Crippen LogP) is 3.61. The molecule has 4 nitrogen and oxygen atoms in total. The summed E-state index contributed by atoms with van der Waals surface area (Å²) in [5.41, 5.74) is 0.918. The van der Waals surface area contributed by atoms with Crippen LogP contribution >= 0.6 is 12.2 Å². The van der Waals surface area contributed by atoms with Gasteiger partial charge in [0.25, 0.3) is 0 Å². The van der Waals surface area contributed by atoms with Gasteiger partial charge in [0.15, 0.2) is 5.11 Å². The van der Waals surface area contributed by atoms with E-state index in [0.717, 1.165) is 43.5 Å². The Labute approximate surface area is 151 Å². The fraction of sp³-hybridized carbons (Fsp3) is 0.632. The summed E-state index contributed by atoms with van der Waals surface area (Å²) in [5.74, 6) is 1.07. The van der Waals surface area contributed by atoms with Crippen LogP contribution in [0.2, 0.25) is 0 Å². The van der Waals surface area contributed by atoms with Gasteiger partial charge in [0, 0.05) is 32.7 Å². The maximum Gasteiger partial charge on any atom is 0.169 e. The van der Waals surface area contributed by atoms with Gasteiger partial charge in [-0.2, -0.15) is 0 Å². The van der Waals surface area contributed by atoms with Crippen molar-refractivity contribution in [2.45, 2.75) is 39.5 Å². The number of nitrogens with zero attached hydrogens (tertiary/aromatic N) is 2. The molecule has 0 unspecified atom stereocenters. The van der Waals surface area contributed by atoms with Crippen LogP contribution in [-0.4, -0.2) is 47.8 Å². The number of hydrogen-bond acceptors (Lipinski definition) is 3. The molecule has 5 heteroatoms. The third kappa shape index (κ3) is 5.26. The molecule has 0 saturated carbocycles. The molecule has 2 N–H and O–H groups in total. The predicted molar refractivity (Wildman–Crippen MR) is 106 cm³/mol. The highest BCUT2D eigenvalue weighted by atomic mass is 32.1. The third-order valence-corrected chi connectivity index (χ3v) is 5.28. The van der Waals surface area contributed by atoms with Gasteiger partial charge in [-0.1, -0.05) is 45.2 Å². The summed E-state index contributed by atoms with van der Waals surface area (Å²) in [6, 6.07) is 7.54. The molecular weight excluding hydrogens is 318 g/mol. The Morgan fingerprint density at radius 2 is 1.92 bits per heavy atom. The molecule has 0 aliphatic carbocycles. The highest BCUT2D eigenvalue weighted by Crippen LogP contribution is 2.27. The number of nitrogens with one attached hydrogen (secondary N) is 1. The van der Waals surface area contributed by atoms with Gasteiger partial charge < -0.3 is 20.2 Å². The minimum Gasteiger partial charge on any atom is -0.506 e. The molecule has 1 aromatic carbocycles. The zero-order valence-corrected chi connectivity index (χ0v) is 15.8. The second kappa shape index (κ2) is 9.72. The van der Waals surface area contributed by atoms with Crippen molar-refractivity contribution < 1.29 is 5.11 Å². The van der Waals surface area contributed by atoms with Crippen LogP contribution in [0.1, 0.15) is 39.5 Å². The number of unbranched alkanes of at least 4 members (excludes halogenated alkanes) is 1. The van der Waals surface area contributed by atoms with Crippen LogP contribution in [0.15, 0.2) is 24.3 Å². The molecule has 1 heterocycles. The van der Waals surface area contributed by atoms with Crippen LogP contribution in [0.25, 0.3) is 0 Å². The fourth-order valence-corrected chi connectivity index (χ4v) is 3.43. The maximum absolute atomic E-state index is 9.99. The van der Waals surface area contributed by atoms with E-state index in [0.29, 0.717) is 11.7 Å². The van der Waals surface area contributed by atoms with E-state index in [4.69, 9.17) is 12.2 Å². The number of hydrogen-bond donors (Lipinski definition) is 2. The van der Waals surface area contributed by atoms with Crippen LogP contribution in [0.5, 0.6) is 5.75 Å². The molecule has 1 aliphatic heterocycles. The minimum atomic E-state index is 0.355. The van der Waals surface area contributed by atoms with E-state index in [1.807, 2.05) is 18.2 Å². The first-order valence-corrected chi connectivity index (χ1v) is 9.62. The zero-order valence-electron chi connectivity index (χ0n) is 15.0. The molecule has 0 bridgehead atoms. The monoisotopic (exact) mass is 349 g/mol. The number of benzene rings is 1. The molecular formula is C19H31N3OS. The van der Waals surface area contributed by atoms with Crippen molar-refractivity contribution in [2.75, 3.05) is 37.6 Å². The first-order chi connectivity index (χ1) is 11.7. The van der Waals surface area contributed by atoms with E-state index in [1.165, 1.54) is 25.7 Å². The molecule has 0 aromatic heterocycles. The van der Waals surface area contributed by atoms with Crippen molar-refractivity contribution in [1.29, 1.82) is 0 Å². The Balaban J connectivity index is 1.77. The number of aromatic hydroxyl groups is 1. The Hall–Kier alpha value is -1.49.